The van der Waals surface area contributed by atoms with E-state index in [9.17, 15) is 4.79 Å². The van der Waals surface area contributed by atoms with Crippen molar-refractivity contribution in [2.45, 2.75) is 25.7 Å². The van der Waals surface area contributed by atoms with Crippen LogP contribution in [0.4, 0.5) is 0 Å². The van der Waals surface area contributed by atoms with Gasteiger partial charge in [-0.15, -0.1) is 0 Å². The first kappa shape index (κ1) is 13.2. The zero-order valence-electron chi connectivity index (χ0n) is 10.1. The summed E-state index contributed by atoms with van der Waals surface area (Å²) in [5.74, 6) is -0.900. The molecule has 1 aliphatic rings. The van der Waals surface area contributed by atoms with Gasteiger partial charge in [0.2, 0.25) is 0 Å². The van der Waals surface area contributed by atoms with Gasteiger partial charge in [0, 0.05) is 6.54 Å². The first-order valence-electron chi connectivity index (χ1n) is 5.54. The molecule has 1 atom stereocenters. The molecule has 0 radical (unpaired) electrons. The van der Waals surface area contributed by atoms with Crippen LogP contribution in [0.15, 0.2) is 12.4 Å². The fourth-order valence-corrected chi connectivity index (χ4v) is 1.69. The number of rotatable bonds is 3. The summed E-state index contributed by atoms with van der Waals surface area (Å²) < 4.78 is 10.9. The summed E-state index contributed by atoms with van der Waals surface area (Å²) in [6.07, 6.45) is 2.51. The highest BCUT2D eigenvalue weighted by Crippen LogP contribution is 2.21. The summed E-state index contributed by atoms with van der Waals surface area (Å²) in [7, 11) is 0. The molecule has 1 unspecified atom stereocenters. The number of halogens is 1. The van der Waals surface area contributed by atoms with Gasteiger partial charge in [0.15, 0.2) is 5.79 Å². The standard InChI is InChI=1S/C11H14ClN3O3/c1-11(2)17-6-7(18-11)3-15-10(16)8-4-14-9(12)5-13-8/h4-5,7H,3,6H2,1-2H3,(H,15,16). The van der Waals surface area contributed by atoms with Crippen LogP contribution < -0.4 is 5.32 Å². The van der Waals surface area contributed by atoms with E-state index in [0.717, 1.165) is 0 Å². The van der Waals surface area contributed by atoms with Crippen LogP contribution in [0.5, 0.6) is 0 Å². The largest absolute Gasteiger partial charge is 0.348 e. The molecule has 1 aromatic heterocycles. The minimum atomic E-state index is -0.588. The molecule has 0 spiro atoms. The number of carbonyl (C=O) groups excluding carboxylic acids is 1. The number of hydrogen-bond acceptors (Lipinski definition) is 5. The Morgan fingerprint density at radius 3 is 2.89 bits per heavy atom. The third kappa shape index (κ3) is 3.38. The molecule has 98 valence electrons. The van der Waals surface area contributed by atoms with E-state index in [0.29, 0.717) is 13.2 Å². The van der Waals surface area contributed by atoms with Gasteiger partial charge in [0.05, 0.1) is 19.0 Å². The molecule has 1 N–H and O–H groups in total. The van der Waals surface area contributed by atoms with Crippen molar-refractivity contribution in [3.8, 4) is 0 Å². The van der Waals surface area contributed by atoms with Crippen molar-refractivity contribution in [3.63, 3.8) is 0 Å². The zero-order valence-corrected chi connectivity index (χ0v) is 10.9. The lowest BCUT2D eigenvalue weighted by atomic mass is 10.3. The maximum Gasteiger partial charge on any atom is 0.271 e. The third-order valence-corrected chi connectivity index (χ3v) is 2.61. The fraction of sp³-hybridized carbons (Fsp3) is 0.545. The Kier molecular flexibility index (Phi) is 3.79. The molecule has 6 nitrogen and oxygen atoms in total. The minimum absolute atomic E-state index is 0.149. The molecule has 0 aliphatic carbocycles. The normalized spacial score (nSPS) is 21.8. The second kappa shape index (κ2) is 5.17. The van der Waals surface area contributed by atoms with Crippen LogP contribution >= 0.6 is 11.6 Å². The summed E-state index contributed by atoms with van der Waals surface area (Å²) >= 11 is 5.59. The third-order valence-electron chi connectivity index (χ3n) is 2.41. The monoisotopic (exact) mass is 271 g/mol. The minimum Gasteiger partial charge on any atom is -0.348 e. The van der Waals surface area contributed by atoms with Crippen molar-refractivity contribution in [1.82, 2.24) is 15.3 Å². The molecule has 1 saturated heterocycles. The summed E-state index contributed by atoms with van der Waals surface area (Å²) in [4.78, 5) is 19.4. The average Bonchev–Trinajstić information content (AvgIpc) is 2.67. The molecule has 18 heavy (non-hydrogen) atoms. The molecule has 1 aliphatic heterocycles. The molecule has 2 heterocycles. The Bertz CT molecular complexity index is 436. The number of aromatic nitrogens is 2. The van der Waals surface area contributed by atoms with Crippen molar-refractivity contribution < 1.29 is 14.3 Å². The van der Waals surface area contributed by atoms with E-state index in [-0.39, 0.29) is 22.9 Å². The van der Waals surface area contributed by atoms with Crippen molar-refractivity contribution >= 4 is 17.5 Å². The Balaban J connectivity index is 1.84. The molecular weight excluding hydrogens is 258 g/mol. The highest BCUT2D eigenvalue weighted by molar-refractivity contribution is 6.29. The average molecular weight is 272 g/mol. The quantitative estimate of drug-likeness (QED) is 0.888. The molecule has 0 bridgehead atoms. The zero-order chi connectivity index (χ0) is 13.2. The Morgan fingerprint density at radius 2 is 2.33 bits per heavy atom. The van der Waals surface area contributed by atoms with Gasteiger partial charge in [0.25, 0.3) is 5.91 Å². The van der Waals surface area contributed by atoms with Gasteiger partial charge in [-0.05, 0) is 13.8 Å². The number of ether oxygens (including phenoxy) is 2. The summed E-state index contributed by atoms with van der Waals surface area (Å²) in [5.41, 5.74) is 0.220. The van der Waals surface area contributed by atoms with Gasteiger partial charge >= 0.3 is 0 Å². The van der Waals surface area contributed by atoms with E-state index >= 15 is 0 Å². The van der Waals surface area contributed by atoms with Gasteiger partial charge in [0.1, 0.15) is 17.0 Å². The molecule has 0 aromatic carbocycles. The van der Waals surface area contributed by atoms with Crippen LogP contribution in [0.2, 0.25) is 5.15 Å². The second-order valence-electron chi connectivity index (χ2n) is 4.39. The summed E-state index contributed by atoms with van der Waals surface area (Å²) in [6, 6.07) is 0. The van der Waals surface area contributed by atoms with Gasteiger partial charge in [-0.3, -0.25) is 4.79 Å². The van der Waals surface area contributed by atoms with Gasteiger partial charge in [-0.2, -0.15) is 0 Å². The SMILES string of the molecule is CC1(C)OCC(CNC(=O)c2cnc(Cl)cn2)O1. The van der Waals surface area contributed by atoms with Crippen LogP contribution in [0.3, 0.4) is 0 Å². The topological polar surface area (TPSA) is 73.3 Å². The number of carbonyl (C=O) groups is 1. The van der Waals surface area contributed by atoms with E-state index in [4.69, 9.17) is 21.1 Å². The summed E-state index contributed by atoms with van der Waals surface area (Å²) in [5, 5.41) is 2.96. The van der Waals surface area contributed by atoms with Crippen LogP contribution in [-0.4, -0.2) is 40.9 Å². The molecule has 7 heteroatoms. The Morgan fingerprint density at radius 1 is 1.56 bits per heavy atom. The predicted molar refractivity (Wildman–Crippen MR) is 64.3 cm³/mol. The van der Waals surface area contributed by atoms with Crippen LogP contribution in [-0.2, 0) is 9.47 Å². The number of amides is 1. The smallest absolute Gasteiger partial charge is 0.271 e. The van der Waals surface area contributed by atoms with E-state index in [1.807, 2.05) is 13.8 Å². The fourth-order valence-electron chi connectivity index (χ4n) is 1.59. The van der Waals surface area contributed by atoms with Crippen LogP contribution in [0.25, 0.3) is 0 Å². The first-order valence-corrected chi connectivity index (χ1v) is 5.91. The van der Waals surface area contributed by atoms with Gasteiger partial charge in [-0.1, -0.05) is 11.6 Å². The highest BCUT2D eigenvalue weighted by Gasteiger charge is 2.32. The molecule has 0 saturated carbocycles. The predicted octanol–water partition coefficient (Wildman–Crippen LogP) is 1.01. The number of nitrogens with one attached hydrogen (secondary N) is 1. The Hall–Kier alpha value is -1.24. The van der Waals surface area contributed by atoms with Crippen molar-refractivity contribution in [3.05, 3.63) is 23.2 Å². The number of nitrogens with zero attached hydrogens (tertiary/aromatic N) is 2. The second-order valence-corrected chi connectivity index (χ2v) is 4.77. The van der Waals surface area contributed by atoms with E-state index in [2.05, 4.69) is 15.3 Å². The molecule has 1 fully saturated rings. The van der Waals surface area contributed by atoms with E-state index in [1.54, 1.807) is 0 Å². The maximum atomic E-state index is 11.7. The molecule has 1 amide bonds. The molecule has 1 aromatic rings. The maximum absolute atomic E-state index is 11.7. The highest BCUT2D eigenvalue weighted by atomic mass is 35.5. The Labute approximate surface area is 110 Å². The summed E-state index contributed by atoms with van der Waals surface area (Å²) in [6.45, 7) is 4.49. The molecule has 2 rings (SSSR count). The lowest BCUT2D eigenvalue weighted by Crippen LogP contribution is -2.34. The van der Waals surface area contributed by atoms with Crippen molar-refractivity contribution in [1.29, 1.82) is 0 Å². The number of hydrogen-bond donors (Lipinski definition) is 1. The lowest BCUT2D eigenvalue weighted by Gasteiger charge is -2.17. The van der Waals surface area contributed by atoms with Crippen molar-refractivity contribution in [2.24, 2.45) is 0 Å². The van der Waals surface area contributed by atoms with Gasteiger partial charge in [-0.25, -0.2) is 9.97 Å². The first-order chi connectivity index (χ1) is 8.46. The lowest BCUT2D eigenvalue weighted by molar-refractivity contribution is -0.137. The van der Waals surface area contributed by atoms with E-state index in [1.165, 1.54) is 12.4 Å². The van der Waals surface area contributed by atoms with Crippen molar-refractivity contribution in [2.75, 3.05) is 13.2 Å². The van der Waals surface area contributed by atoms with E-state index < -0.39 is 5.79 Å². The molecular formula is C11H14ClN3O3. The van der Waals surface area contributed by atoms with Crippen LogP contribution in [0, 0.1) is 0 Å². The van der Waals surface area contributed by atoms with Crippen LogP contribution in [0.1, 0.15) is 24.3 Å². The van der Waals surface area contributed by atoms with Gasteiger partial charge < -0.3 is 14.8 Å².